The number of aryl methyl sites for hydroxylation is 1. The van der Waals surface area contributed by atoms with Gasteiger partial charge in [0.05, 0.1) is 17.5 Å². The molecule has 0 N–H and O–H groups in total. The third kappa shape index (κ3) is 4.76. The summed E-state index contributed by atoms with van der Waals surface area (Å²) in [6.07, 6.45) is 0.675. The molecule has 0 aliphatic rings. The zero-order valence-corrected chi connectivity index (χ0v) is 17.7. The number of nitriles is 1. The van der Waals surface area contributed by atoms with E-state index in [4.69, 9.17) is 0 Å². The number of nitrogens with zero attached hydrogens (tertiary/aromatic N) is 4. The highest BCUT2D eigenvalue weighted by Gasteiger charge is 2.20. The van der Waals surface area contributed by atoms with Crippen LogP contribution in [0.15, 0.2) is 77.3 Å². The van der Waals surface area contributed by atoms with E-state index in [-0.39, 0.29) is 5.25 Å². The van der Waals surface area contributed by atoms with Gasteiger partial charge in [-0.3, -0.25) is 4.57 Å². The topological polar surface area (TPSA) is 54.5 Å². The molecule has 2 aromatic carbocycles. The quantitative estimate of drug-likeness (QED) is 0.369. The van der Waals surface area contributed by atoms with Crippen molar-refractivity contribution < 1.29 is 0 Å². The van der Waals surface area contributed by atoms with E-state index in [1.165, 1.54) is 22.9 Å². The van der Waals surface area contributed by atoms with Crippen LogP contribution in [0.3, 0.4) is 0 Å². The SMILES string of the molecule is Cc1ccc(C[C@H](C#N)Sc2nnc(-c3cccs3)n2Cc2ccccc2)cc1. The molecule has 0 spiro atoms. The number of rotatable bonds is 7. The molecule has 0 amide bonds. The first kappa shape index (κ1) is 19.4. The average molecular weight is 417 g/mol. The number of aromatic nitrogens is 3. The molecular weight excluding hydrogens is 396 g/mol. The lowest BCUT2D eigenvalue weighted by Crippen LogP contribution is -2.09. The molecule has 0 fully saturated rings. The van der Waals surface area contributed by atoms with E-state index in [0.29, 0.717) is 13.0 Å². The first-order valence-corrected chi connectivity index (χ1v) is 11.1. The Kier molecular flexibility index (Phi) is 6.09. The maximum Gasteiger partial charge on any atom is 0.193 e. The summed E-state index contributed by atoms with van der Waals surface area (Å²) in [5.41, 5.74) is 3.55. The minimum Gasteiger partial charge on any atom is -0.297 e. The molecule has 1 atom stereocenters. The van der Waals surface area contributed by atoms with E-state index >= 15 is 0 Å². The monoisotopic (exact) mass is 416 g/mol. The smallest absolute Gasteiger partial charge is 0.193 e. The number of thiophene rings is 1. The van der Waals surface area contributed by atoms with Gasteiger partial charge in [0.25, 0.3) is 0 Å². The molecule has 2 aromatic heterocycles. The molecule has 0 radical (unpaired) electrons. The fourth-order valence-electron chi connectivity index (χ4n) is 3.05. The molecule has 144 valence electrons. The second-order valence-electron chi connectivity index (χ2n) is 6.78. The number of hydrogen-bond acceptors (Lipinski definition) is 5. The third-order valence-corrected chi connectivity index (χ3v) is 6.51. The predicted octanol–water partition coefficient (Wildman–Crippen LogP) is 5.59. The van der Waals surface area contributed by atoms with Gasteiger partial charge in [0, 0.05) is 0 Å². The number of benzene rings is 2. The second-order valence-corrected chi connectivity index (χ2v) is 8.90. The van der Waals surface area contributed by atoms with Crippen LogP contribution in [0.1, 0.15) is 16.7 Å². The van der Waals surface area contributed by atoms with Gasteiger partial charge in [0.2, 0.25) is 0 Å². The number of hydrogen-bond donors (Lipinski definition) is 0. The van der Waals surface area contributed by atoms with Crippen LogP contribution < -0.4 is 0 Å². The molecule has 0 aliphatic heterocycles. The first-order chi connectivity index (χ1) is 14.2. The summed E-state index contributed by atoms with van der Waals surface area (Å²) >= 11 is 3.13. The molecule has 0 saturated carbocycles. The van der Waals surface area contributed by atoms with E-state index in [9.17, 15) is 5.26 Å². The highest BCUT2D eigenvalue weighted by atomic mass is 32.2. The van der Waals surface area contributed by atoms with Crippen molar-refractivity contribution in [1.82, 2.24) is 14.8 Å². The Balaban J connectivity index is 1.62. The van der Waals surface area contributed by atoms with Crippen molar-refractivity contribution in [3.8, 4) is 16.8 Å². The van der Waals surface area contributed by atoms with Crippen molar-refractivity contribution in [2.24, 2.45) is 0 Å². The average Bonchev–Trinajstić information content (AvgIpc) is 3.40. The van der Waals surface area contributed by atoms with E-state index in [2.05, 4.69) is 70.2 Å². The van der Waals surface area contributed by atoms with Crippen LogP contribution in [0.2, 0.25) is 0 Å². The molecule has 0 unspecified atom stereocenters. The lowest BCUT2D eigenvalue weighted by Gasteiger charge is -2.12. The second kappa shape index (κ2) is 9.08. The molecular formula is C23H20N4S2. The van der Waals surface area contributed by atoms with E-state index < -0.39 is 0 Å². The Morgan fingerprint density at radius 2 is 1.79 bits per heavy atom. The molecule has 4 rings (SSSR count). The van der Waals surface area contributed by atoms with E-state index in [0.717, 1.165) is 21.4 Å². The summed E-state index contributed by atoms with van der Waals surface area (Å²) in [4.78, 5) is 1.08. The Hall–Kier alpha value is -2.88. The molecule has 0 saturated heterocycles. The Morgan fingerprint density at radius 3 is 2.48 bits per heavy atom. The molecule has 29 heavy (non-hydrogen) atoms. The lowest BCUT2D eigenvalue weighted by atomic mass is 10.1. The summed E-state index contributed by atoms with van der Waals surface area (Å²) in [5.74, 6) is 0.846. The minimum absolute atomic E-state index is 0.229. The van der Waals surface area contributed by atoms with Crippen LogP contribution in [0, 0.1) is 18.3 Å². The largest absolute Gasteiger partial charge is 0.297 e. The van der Waals surface area contributed by atoms with Crippen molar-refractivity contribution >= 4 is 23.1 Å². The lowest BCUT2D eigenvalue weighted by molar-refractivity contribution is 0.714. The minimum atomic E-state index is -0.229. The van der Waals surface area contributed by atoms with Crippen molar-refractivity contribution in [1.29, 1.82) is 5.26 Å². The van der Waals surface area contributed by atoms with Gasteiger partial charge in [-0.05, 0) is 35.9 Å². The van der Waals surface area contributed by atoms with Crippen LogP contribution in [0.5, 0.6) is 0 Å². The standard InChI is InChI=1S/C23H20N4S2/c1-17-9-11-18(12-10-17)14-20(15-24)29-23-26-25-22(21-8-5-13-28-21)27(23)16-19-6-3-2-4-7-19/h2-13,20H,14,16H2,1H3/t20-/m1/s1. The predicted molar refractivity (Wildman–Crippen MR) is 119 cm³/mol. The zero-order valence-electron chi connectivity index (χ0n) is 16.0. The van der Waals surface area contributed by atoms with Gasteiger partial charge in [-0.25, -0.2) is 0 Å². The van der Waals surface area contributed by atoms with E-state index in [1.54, 1.807) is 11.3 Å². The highest BCUT2D eigenvalue weighted by Crippen LogP contribution is 2.31. The third-order valence-electron chi connectivity index (χ3n) is 4.58. The van der Waals surface area contributed by atoms with Gasteiger partial charge < -0.3 is 0 Å². The van der Waals surface area contributed by atoms with Crippen molar-refractivity contribution in [2.45, 2.75) is 30.3 Å². The fraction of sp³-hybridized carbons (Fsp3) is 0.174. The highest BCUT2D eigenvalue weighted by molar-refractivity contribution is 8.00. The fourth-order valence-corrected chi connectivity index (χ4v) is 4.72. The van der Waals surface area contributed by atoms with Crippen molar-refractivity contribution in [3.63, 3.8) is 0 Å². The van der Waals surface area contributed by atoms with Crippen molar-refractivity contribution in [3.05, 3.63) is 88.8 Å². The maximum atomic E-state index is 9.75. The molecule has 0 aliphatic carbocycles. The van der Waals surface area contributed by atoms with Gasteiger partial charge >= 0.3 is 0 Å². The Morgan fingerprint density at radius 1 is 1.00 bits per heavy atom. The van der Waals surface area contributed by atoms with Crippen LogP contribution >= 0.6 is 23.1 Å². The summed E-state index contributed by atoms with van der Waals surface area (Å²) in [5, 5.41) is 21.2. The maximum absolute atomic E-state index is 9.75. The van der Waals surface area contributed by atoms with Gasteiger partial charge in [0.1, 0.15) is 5.25 Å². The van der Waals surface area contributed by atoms with Crippen LogP contribution in [-0.4, -0.2) is 20.0 Å². The van der Waals surface area contributed by atoms with Crippen molar-refractivity contribution in [2.75, 3.05) is 0 Å². The van der Waals surface area contributed by atoms with Crippen LogP contribution in [0.4, 0.5) is 0 Å². The molecule has 2 heterocycles. The Labute approximate surface area is 178 Å². The number of thioether (sulfide) groups is 1. The van der Waals surface area contributed by atoms with Crippen LogP contribution in [-0.2, 0) is 13.0 Å². The summed E-state index contributed by atoms with van der Waals surface area (Å²) in [6.45, 7) is 2.74. The zero-order chi connectivity index (χ0) is 20.1. The van der Waals surface area contributed by atoms with E-state index in [1.807, 2.05) is 29.6 Å². The normalized spacial score (nSPS) is 11.9. The molecule has 0 bridgehead atoms. The Bertz CT molecular complexity index is 1090. The molecule has 4 aromatic rings. The molecule has 4 nitrogen and oxygen atoms in total. The van der Waals surface area contributed by atoms with Gasteiger partial charge in [-0.2, -0.15) is 5.26 Å². The van der Waals surface area contributed by atoms with Gasteiger partial charge in [-0.1, -0.05) is 78.0 Å². The van der Waals surface area contributed by atoms with Crippen LogP contribution in [0.25, 0.3) is 10.7 Å². The van der Waals surface area contributed by atoms with Gasteiger partial charge in [-0.15, -0.1) is 21.5 Å². The van der Waals surface area contributed by atoms with Gasteiger partial charge in [0.15, 0.2) is 11.0 Å². The first-order valence-electron chi connectivity index (χ1n) is 9.36. The summed E-state index contributed by atoms with van der Waals surface area (Å²) in [6, 6.07) is 25.1. The molecule has 6 heteroatoms. The summed E-state index contributed by atoms with van der Waals surface area (Å²) in [7, 11) is 0. The summed E-state index contributed by atoms with van der Waals surface area (Å²) < 4.78 is 2.12.